The second-order valence-corrected chi connectivity index (χ2v) is 7.52. The van der Waals surface area contributed by atoms with Crippen LogP contribution in [0.4, 0.5) is 0 Å². The van der Waals surface area contributed by atoms with Crippen molar-refractivity contribution < 1.29 is 8.42 Å². The minimum Gasteiger partial charge on any atom is -0.356 e. The van der Waals surface area contributed by atoms with Crippen molar-refractivity contribution in [2.45, 2.75) is 17.9 Å². The van der Waals surface area contributed by atoms with E-state index in [4.69, 9.17) is 0 Å². The fourth-order valence-corrected chi connectivity index (χ4v) is 2.86. The first-order valence-corrected chi connectivity index (χ1v) is 9.65. The van der Waals surface area contributed by atoms with Gasteiger partial charge in [-0.25, -0.2) is 8.42 Å². The summed E-state index contributed by atoms with van der Waals surface area (Å²) in [6.45, 7) is 1.37. The molecule has 0 atom stereocenters. The fourth-order valence-electron chi connectivity index (χ4n) is 2.23. The summed E-state index contributed by atoms with van der Waals surface area (Å²) in [5.41, 5.74) is 2.27. The van der Waals surface area contributed by atoms with Gasteiger partial charge in [0.15, 0.2) is 15.8 Å². The molecule has 2 N–H and O–H groups in total. The Morgan fingerprint density at radius 1 is 0.958 bits per heavy atom. The highest BCUT2D eigenvalue weighted by Crippen LogP contribution is 2.10. The molecule has 6 heteroatoms. The van der Waals surface area contributed by atoms with Crippen molar-refractivity contribution in [2.75, 3.05) is 19.8 Å². The van der Waals surface area contributed by atoms with Gasteiger partial charge in [-0.15, -0.1) is 0 Å². The molecule has 0 fully saturated rings. The highest BCUT2D eigenvalue weighted by Gasteiger charge is 2.06. The third kappa shape index (κ3) is 5.70. The second-order valence-electron chi connectivity index (χ2n) is 5.50. The third-order valence-electron chi connectivity index (χ3n) is 3.58. The monoisotopic (exact) mass is 345 g/mol. The Hall–Kier alpha value is -2.34. The lowest BCUT2D eigenvalue weighted by Gasteiger charge is -2.12. The summed E-state index contributed by atoms with van der Waals surface area (Å²) in [6, 6.07) is 17.1. The molecule has 0 aliphatic rings. The minimum atomic E-state index is -3.15. The molecule has 0 aromatic heterocycles. The highest BCUT2D eigenvalue weighted by atomic mass is 32.2. The summed E-state index contributed by atoms with van der Waals surface area (Å²) < 4.78 is 22.9. The Morgan fingerprint density at radius 2 is 1.62 bits per heavy atom. The Morgan fingerprint density at radius 3 is 2.21 bits per heavy atom. The Bertz CT molecular complexity index is 770. The van der Waals surface area contributed by atoms with Crippen LogP contribution in [0.2, 0.25) is 0 Å². The lowest BCUT2D eigenvalue weighted by Crippen LogP contribution is -2.37. The average molecular weight is 345 g/mol. The van der Waals surface area contributed by atoms with E-state index in [0.29, 0.717) is 11.4 Å². The number of nitrogens with zero attached hydrogens (tertiary/aromatic N) is 1. The number of rotatable bonds is 6. The molecular weight excluding hydrogens is 322 g/mol. The molecule has 0 heterocycles. The number of nitrogens with one attached hydrogen (secondary N) is 2. The van der Waals surface area contributed by atoms with Crippen LogP contribution in [-0.2, 0) is 22.8 Å². The van der Waals surface area contributed by atoms with E-state index >= 15 is 0 Å². The van der Waals surface area contributed by atoms with Crippen LogP contribution < -0.4 is 10.6 Å². The molecule has 2 rings (SSSR count). The number of aliphatic imine (C=N–C) groups is 1. The number of sulfone groups is 1. The summed E-state index contributed by atoms with van der Waals surface area (Å²) in [7, 11) is -1.42. The van der Waals surface area contributed by atoms with Crippen LogP contribution in [0.1, 0.15) is 11.1 Å². The predicted octanol–water partition coefficient (Wildman–Crippen LogP) is 2.00. The summed E-state index contributed by atoms with van der Waals surface area (Å²) in [4.78, 5) is 4.52. The third-order valence-corrected chi connectivity index (χ3v) is 4.71. The fraction of sp³-hybridized carbons (Fsp3) is 0.278. The van der Waals surface area contributed by atoms with Crippen LogP contribution in [0, 0.1) is 0 Å². The van der Waals surface area contributed by atoms with E-state index in [1.165, 1.54) is 11.8 Å². The van der Waals surface area contributed by atoms with Crippen molar-refractivity contribution in [1.29, 1.82) is 0 Å². The van der Waals surface area contributed by atoms with Crippen molar-refractivity contribution in [1.82, 2.24) is 10.6 Å². The quantitative estimate of drug-likeness (QED) is 0.620. The largest absolute Gasteiger partial charge is 0.356 e. The molecule has 24 heavy (non-hydrogen) atoms. The van der Waals surface area contributed by atoms with E-state index in [1.807, 2.05) is 18.2 Å². The maximum atomic E-state index is 11.4. The van der Waals surface area contributed by atoms with Gasteiger partial charge < -0.3 is 10.6 Å². The Balaban J connectivity index is 1.81. The van der Waals surface area contributed by atoms with E-state index in [-0.39, 0.29) is 0 Å². The van der Waals surface area contributed by atoms with Gasteiger partial charge in [0.25, 0.3) is 0 Å². The van der Waals surface area contributed by atoms with Gasteiger partial charge in [-0.3, -0.25) is 4.99 Å². The average Bonchev–Trinajstić information content (AvgIpc) is 2.58. The van der Waals surface area contributed by atoms with Crippen molar-refractivity contribution in [3.63, 3.8) is 0 Å². The molecule has 2 aromatic carbocycles. The van der Waals surface area contributed by atoms with Gasteiger partial charge in [0.2, 0.25) is 0 Å². The summed E-state index contributed by atoms with van der Waals surface area (Å²) in [5.74, 6) is 0.720. The van der Waals surface area contributed by atoms with Gasteiger partial charge in [-0.2, -0.15) is 0 Å². The summed E-state index contributed by atoms with van der Waals surface area (Å²) in [6.07, 6.45) is 2.13. The van der Waals surface area contributed by atoms with Crippen molar-refractivity contribution in [2.24, 2.45) is 4.99 Å². The molecule has 0 aliphatic carbocycles. The lowest BCUT2D eigenvalue weighted by molar-refractivity contribution is 0.602. The van der Waals surface area contributed by atoms with Crippen LogP contribution >= 0.6 is 0 Å². The second kappa shape index (κ2) is 8.49. The number of hydrogen-bond acceptors (Lipinski definition) is 3. The molecule has 5 nitrogen and oxygen atoms in total. The van der Waals surface area contributed by atoms with Gasteiger partial charge in [0.1, 0.15) is 0 Å². The molecule has 0 amide bonds. The van der Waals surface area contributed by atoms with Crippen LogP contribution in [-0.4, -0.2) is 34.2 Å². The van der Waals surface area contributed by atoms with Gasteiger partial charge in [0, 0.05) is 26.4 Å². The topological polar surface area (TPSA) is 70.6 Å². The molecule has 0 bridgehead atoms. The summed E-state index contributed by atoms with van der Waals surface area (Å²) >= 11 is 0. The van der Waals surface area contributed by atoms with Crippen molar-refractivity contribution >= 4 is 15.8 Å². The molecule has 0 saturated carbocycles. The van der Waals surface area contributed by atoms with E-state index in [9.17, 15) is 8.42 Å². The number of benzene rings is 2. The van der Waals surface area contributed by atoms with Gasteiger partial charge in [0.05, 0.1) is 4.90 Å². The van der Waals surface area contributed by atoms with E-state index in [2.05, 4.69) is 27.8 Å². The zero-order chi connectivity index (χ0) is 17.4. The molecule has 0 unspecified atom stereocenters. The highest BCUT2D eigenvalue weighted by molar-refractivity contribution is 7.90. The number of guanidine groups is 1. The van der Waals surface area contributed by atoms with Crippen LogP contribution in [0.25, 0.3) is 0 Å². The number of hydrogen-bond donors (Lipinski definition) is 2. The first kappa shape index (κ1) is 18.0. The van der Waals surface area contributed by atoms with Gasteiger partial charge >= 0.3 is 0 Å². The van der Waals surface area contributed by atoms with E-state index in [0.717, 1.165) is 24.5 Å². The van der Waals surface area contributed by atoms with E-state index < -0.39 is 9.84 Å². The summed E-state index contributed by atoms with van der Waals surface area (Å²) in [5, 5.41) is 6.49. The van der Waals surface area contributed by atoms with Gasteiger partial charge in [-0.05, 0) is 29.7 Å². The zero-order valence-electron chi connectivity index (χ0n) is 14.0. The van der Waals surface area contributed by atoms with Crippen LogP contribution in [0.15, 0.2) is 64.5 Å². The molecule has 0 radical (unpaired) electrons. The van der Waals surface area contributed by atoms with Crippen molar-refractivity contribution in [3.05, 3.63) is 65.7 Å². The van der Waals surface area contributed by atoms with E-state index in [1.54, 1.807) is 31.3 Å². The smallest absolute Gasteiger partial charge is 0.191 e. The van der Waals surface area contributed by atoms with Crippen LogP contribution in [0.5, 0.6) is 0 Å². The molecule has 0 spiro atoms. The molecular formula is C18H23N3O2S. The normalized spacial score (nSPS) is 12.0. The molecule has 128 valence electrons. The SMILES string of the molecule is CN=C(NCCc1ccccc1)NCc1ccc(S(C)(=O)=O)cc1. The lowest BCUT2D eigenvalue weighted by atomic mass is 10.1. The minimum absolute atomic E-state index is 0.330. The molecule has 2 aromatic rings. The standard InChI is InChI=1S/C18H23N3O2S/c1-19-18(20-13-12-15-6-4-3-5-7-15)21-14-16-8-10-17(11-9-16)24(2,22)23/h3-11H,12-14H2,1-2H3,(H2,19,20,21). The van der Waals surface area contributed by atoms with Gasteiger partial charge in [-0.1, -0.05) is 42.5 Å². The predicted molar refractivity (Wildman–Crippen MR) is 97.9 cm³/mol. The maximum absolute atomic E-state index is 11.4. The molecule has 0 saturated heterocycles. The first-order valence-electron chi connectivity index (χ1n) is 7.76. The maximum Gasteiger partial charge on any atom is 0.191 e. The first-order chi connectivity index (χ1) is 11.5. The van der Waals surface area contributed by atoms with Crippen LogP contribution in [0.3, 0.4) is 0 Å². The Kier molecular flexibility index (Phi) is 6.37. The zero-order valence-corrected chi connectivity index (χ0v) is 14.8. The molecule has 0 aliphatic heterocycles. The Labute approximate surface area is 143 Å². The van der Waals surface area contributed by atoms with Crippen molar-refractivity contribution in [3.8, 4) is 0 Å².